The van der Waals surface area contributed by atoms with Gasteiger partial charge in [-0.2, -0.15) is 0 Å². The summed E-state index contributed by atoms with van der Waals surface area (Å²) >= 11 is 0. The summed E-state index contributed by atoms with van der Waals surface area (Å²) in [5, 5.41) is 0. The Bertz CT molecular complexity index is 2910. The summed E-state index contributed by atoms with van der Waals surface area (Å²) in [5.74, 6) is 1.80. The second-order valence-electron chi connectivity index (χ2n) is 14.1. The van der Waals surface area contributed by atoms with E-state index < -0.39 is 5.41 Å². The molecule has 0 saturated carbocycles. The van der Waals surface area contributed by atoms with Crippen molar-refractivity contribution >= 4 is 11.0 Å². The van der Waals surface area contributed by atoms with Crippen LogP contribution in [-0.2, 0) is 19.5 Å². The van der Waals surface area contributed by atoms with E-state index in [-0.39, 0.29) is 5.69 Å². The van der Waals surface area contributed by atoms with Crippen LogP contribution in [-0.4, -0.2) is 24.1 Å². The molecule has 0 spiro atoms. The van der Waals surface area contributed by atoms with Crippen LogP contribution in [0.5, 0.6) is 0 Å². The monoisotopic (exact) mass is 709 g/mol. The van der Waals surface area contributed by atoms with Crippen molar-refractivity contribution in [2.45, 2.75) is 5.41 Å². The van der Waals surface area contributed by atoms with Gasteiger partial charge in [0.15, 0.2) is 17.5 Å². The maximum Gasteiger partial charge on any atom is 0.328 e. The molecule has 0 fully saturated rings. The summed E-state index contributed by atoms with van der Waals surface area (Å²) in [4.78, 5) is 28.1. The third-order valence-corrected chi connectivity index (χ3v) is 11.1. The Hall–Kier alpha value is -7.18. The SMILES string of the molecule is Cn1c(=O)n(C)c2c(-c3ccc(-c4nc(-c5ccccc5)nc(-c5ccc6c(c5)-c5ccccc5C6(c5ccccc5)c5ccccc5)n4)cc3)cccc21. The highest BCUT2D eigenvalue weighted by atomic mass is 16.1. The first kappa shape index (κ1) is 32.5. The minimum atomic E-state index is -0.482. The molecule has 0 atom stereocenters. The normalized spacial score (nSPS) is 12.8. The lowest BCUT2D eigenvalue weighted by Crippen LogP contribution is -2.28. The van der Waals surface area contributed by atoms with Gasteiger partial charge in [0.25, 0.3) is 0 Å². The van der Waals surface area contributed by atoms with Gasteiger partial charge in [-0.05, 0) is 51.1 Å². The topological polar surface area (TPSA) is 65.6 Å². The predicted molar refractivity (Wildman–Crippen MR) is 221 cm³/mol. The molecule has 2 aromatic heterocycles. The molecule has 2 heterocycles. The number of hydrogen-bond acceptors (Lipinski definition) is 4. The number of rotatable bonds is 6. The molecule has 10 rings (SSSR count). The van der Waals surface area contributed by atoms with Crippen LogP contribution in [0, 0.1) is 0 Å². The van der Waals surface area contributed by atoms with Gasteiger partial charge in [-0.3, -0.25) is 9.13 Å². The molecule has 0 bridgehead atoms. The van der Waals surface area contributed by atoms with Gasteiger partial charge in [0.1, 0.15) is 0 Å². The first-order valence-electron chi connectivity index (χ1n) is 18.4. The van der Waals surface area contributed by atoms with Gasteiger partial charge in [-0.25, -0.2) is 19.7 Å². The lowest BCUT2D eigenvalue weighted by atomic mass is 9.67. The zero-order valence-electron chi connectivity index (χ0n) is 30.4. The average Bonchev–Trinajstić information content (AvgIpc) is 3.68. The maximum absolute atomic E-state index is 12.8. The van der Waals surface area contributed by atoms with Crippen LogP contribution in [0.1, 0.15) is 22.3 Å². The third kappa shape index (κ3) is 5.02. The Labute approximate surface area is 318 Å². The van der Waals surface area contributed by atoms with Crippen LogP contribution in [0.25, 0.3) is 67.5 Å². The van der Waals surface area contributed by atoms with E-state index in [1.165, 1.54) is 27.8 Å². The number of para-hydroxylation sites is 1. The number of imidazole rings is 1. The van der Waals surface area contributed by atoms with Crippen LogP contribution in [0.15, 0.2) is 181 Å². The molecule has 6 nitrogen and oxygen atoms in total. The van der Waals surface area contributed by atoms with E-state index in [2.05, 4.69) is 133 Å². The fourth-order valence-corrected chi connectivity index (χ4v) is 8.55. The van der Waals surface area contributed by atoms with Crippen molar-refractivity contribution < 1.29 is 0 Å². The Balaban J connectivity index is 1.13. The molecule has 0 amide bonds. The number of hydrogen-bond donors (Lipinski definition) is 0. The number of fused-ring (bicyclic) bond motifs is 4. The van der Waals surface area contributed by atoms with Gasteiger partial charge in [0, 0.05) is 36.3 Å². The number of benzene rings is 7. The highest BCUT2D eigenvalue weighted by Crippen LogP contribution is 2.56. The van der Waals surface area contributed by atoms with E-state index in [9.17, 15) is 4.79 Å². The van der Waals surface area contributed by atoms with Crippen LogP contribution >= 0.6 is 0 Å². The Morgan fingerprint density at radius 3 is 1.56 bits per heavy atom. The lowest BCUT2D eigenvalue weighted by Gasteiger charge is -2.33. The minimum Gasteiger partial charge on any atom is -0.295 e. The number of aromatic nitrogens is 5. The first-order valence-corrected chi connectivity index (χ1v) is 18.4. The van der Waals surface area contributed by atoms with Crippen molar-refractivity contribution in [2.24, 2.45) is 14.1 Å². The molecule has 0 N–H and O–H groups in total. The van der Waals surface area contributed by atoms with Gasteiger partial charge in [-0.1, -0.05) is 164 Å². The van der Waals surface area contributed by atoms with Crippen molar-refractivity contribution in [3.8, 4) is 56.4 Å². The molecule has 0 radical (unpaired) electrons. The fraction of sp³-hybridized carbons (Fsp3) is 0.0612. The lowest BCUT2D eigenvalue weighted by molar-refractivity contribution is 0.768. The number of nitrogens with zero attached hydrogens (tertiary/aromatic N) is 5. The average molecular weight is 710 g/mol. The Kier molecular flexibility index (Phi) is 7.52. The van der Waals surface area contributed by atoms with Gasteiger partial charge in [-0.15, -0.1) is 0 Å². The van der Waals surface area contributed by atoms with E-state index in [1.54, 1.807) is 9.13 Å². The van der Waals surface area contributed by atoms with E-state index in [1.807, 2.05) is 56.6 Å². The molecule has 55 heavy (non-hydrogen) atoms. The molecular formula is C49H35N5O. The van der Waals surface area contributed by atoms with Gasteiger partial charge < -0.3 is 0 Å². The molecule has 0 unspecified atom stereocenters. The molecule has 7 aromatic carbocycles. The van der Waals surface area contributed by atoms with Crippen LogP contribution in [0.2, 0.25) is 0 Å². The molecule has 1 aliphatic rings. The quantitative estimate of drug-likeness (QED) is 0.172. The van der Waals surface area contributed by atoms with Gasteiger partial charge >= 0.3 is 5.69 Å². The largest absolute Gasteiger partial charge is 0.328 e. The van der Waals surface area contributed by atoms with E-state index >= 15 is 0 Å². The van der Waals surface area contributed by atoms with Crippen molar-refractivity contribution in [1.82, 2.24) is 24.1 Å². The third-order valence-electron chi connectivity index (χ3n) is 11.1. The maximum atomic E-state index is 12.8. The van der Waals surface area contributed by atoms with Crippen molar-refractivity contribution in [1.29, 1.82) is 0 Å². The summed E-state index contributed by atoms with van der Waals surface area (Å²) in [7, 11) is 3.63. The Morgan fingerprint density at radius 1 is 0.418 bits per heavy atom. The van der Waals surface area contributed by atoms with Crippen LogP contribution < -0.4 is 5.69 Å². The standard InChI is InChI=1S/C49H35N5O/c1-53-43-24-14-22-38(44(43)54(2)48(53)55)32-25-27-34(28-26-32)46-50-45(33-15-6-3-7-16-33)51-47(52-46)35-29-30-42-40(31-35)39-21-12-13-23-41(39)49(42,36-17-8-4-9-18-36)37-19-10-5-11-20-37/h3-31H,1-2H3. The first-order chi connectivity index (χ1) is 27.0. The molecule has 0 saturated heterocycles. The molecule has 6 heteroatoms. The minimum absolute atomic E-state index is 0.0499. The van der Waals surface area contributed by atoms with Crippen LogP contribution in [0.4, 0.5) is 0 Å². The Morgan fingerprint density at radius 2 is 0.909 bits per heavy atom. The fourth-order valence-electron chi connectivity index (χ4n) is 8.55. The van der Waals surface area contributed by atoms with E-state index in [4.69, 9.17) is 15.0 Å². The van der Waals surface area contributed by atoms with Crippen LogP contribution in [0.3, 0.4) is 0 Å². The highest BCUT2D eigenvalue weighted by molar-refractivity contribution is 5.93. The van der Waals surface area contributed by atoms with Crippen molar-refractivity contribution in [3.63, 3.8) is 0 Å². The van der Waals surface area contributed by atoms with Gasteiger partial charge in [0.05, 0.1) is 16.4 Å². The highest BCUT2D eigenvalue weighted by Gasteiger charge is 2.46. The zero-order chi connectivity index (χ0) is 37.1. The van der Waals surface area contributed by atoms with Crippen molar-refractivity contribution in [2.75, 3.05) is 0 Å². The van der Waals surface area contributed by atoms with Crippen molar-refractivity contribution in [3.05, 3.63) is 209 Å². The summed E-state index contributed by atoms with van der Waals surface area (Å²) in [6.45, 7) is 0. The second-order valence-corrected chi connectivity index (χ2v) is 14.1. The van der Waals surface area contributed by atoms with E-state index in [0.29, 0.717) is 17.5 Å². The van der Waals surface area contributed by atoms with E-state index in [0.717, 1.165) is 44.4 Å². The van der Waals surface area contributed by atoms with Gasteiger partial charge in [0.2, 0.25) is 0 Å². The summed E-state index contributed by atoms with van der Waals surface area (Å²) < 4.78 is 3.40. The summed E-state index contributed by atoms with van der Waals surface area (Å²) in [6.07, 6.45) is 0. The second kappa shape index (κ2) is 12.7. The predicted octanol–water partition coefficient (Wildman–Crippen LogP) is 10.1. The number of aryl methyl sites for hydroxylation is 2. The molecule has 9 aromatic rings. The molecule has 262 valence electrons. The summed E-state index contributed by atoms with van der Waals surface area (Å²) in [6, 6.07) is 61.4. The summed E-state index contributed by atoms with van der Waals surface area (Å²) in [5.41, 5.74) is 13.3. The zero-order valence-corrected chi connectivity index (χ0v) is 30.4. The smallest absolute Gasteiger partial charge is 0.295 e. The molecule has 1 aliphatic carbocycles. The molecular weight excluding hydrogens is 675 g/mol. The molecule has 0 aliphatic heterocycles.